The smallest absolute Gasteiger partial charge is 0.0437 e. The largest absolute Gasteiger partial charge is 0.144 e. The summed E-state index contributed by atoms with van der Waals surface area (Å²) in [5.41, 5.74) is 2.65. The highest BCUT2D eigenvalue weighted by Crippen LogP contribution is 2.20. The van der Waals surface area contributed by atoms with Crippen molar-refractivity contribution in [3.8, 4) is 0 Å². The first kappa shape index (κ1) is 9.82. The Bertz CT molecular complexity index is 267. The van der Waals surface area contributed by atoms with Gasteiger partial charge in [-0.1, -0.05) is 12.5 Å². The van der Waals surface area contributed by atoms with Crippen molar-refractivity contribution in [3.05, 3.63) is 27.5 Å². The molecule has 0 N–H and O–H groups in total. The summed E-state index contributed by atoms with van der Waals surface area (Å²) in [6, 6.07) is 2.14. The first-order valence-electron chi connectivity index (χ1n) is 4.07. The second kappa shape index (κ2) is 4.68. The van der Waals surface area contributed by atoms with E-state index in [1.165, 1.54) is 16.0 Å². The van der Waals surface area contributed by atoms with Crippen LogP contribution in [-0.2, 0) is 0 Å². The molecule has 0 fully saturated rings. The summed E-state index contributed by atoms with van der Waals surface area (Å²) in [6.07, 6.45) is 3.24. The molecule has 0 radical (unpaired) electrons. The molecule has 66 valence electrons. The zero-order chi connectivity index (χ0) is 8.97. The highest BCUT2D eigenvalue weighted by Gasteiger charge is 1.97. The van der Waals surface area contributed by atoms with Crippen LogP contribution < -0.4 is 0 Å². The van der Waals surface area contributed by atoms with E-state index in [-0.39, 0.29) is 0 Å². The lowest BCUT2D eigenvalue weighted by molar-refractivity contribution is 1.12. The maximum absolute atomic E-state index is 5.77. The van der Waals surface area contributed by atoms with Crippen molar-refractivity contribution >= 4 is 29.0 Å². The minimum atomic E-state index is 0.647. The lowest BCUT2D eigenvalue weighted by Crippen LogP contribution is -1.81. The molecule has 12 heavy (non-hydrogen) atoms. The van der Waals surface area contributed by atoms with E-state index in [9.17, 15) is 0 Å². The van der Waals surface area contributed by atoms with Gasteiger partial charge in [-0.2, -0.15) is 0 Å². The van der Waals surface area contributed by atoms with Crippen LogP contribution in [0.2, 0.25) is 0 Å². The molecular weight excluding hydrogens is 188 g/mol. The lowest BCUT2D eigenvalue weighted by atomic mass is 10.2. The first-order valence-corrected chi connectivity index (χ1v) is 5.48. The van der Waals surface area contributed by atoms with E-state index < -0.39 is 0 Å². The molecule has 0 aliphatic heterocycles. The second-order valence-electron chi connectivity index (χ2n) is 2.76. The fraction of sp³-hybridized carbons (Fsp3) is 0.400. The van der Waals surface area contributed by atoms with Crippen LogP contribution in [-0.4, -0.2) is 5.88 Å². The van der Waals surface area contributed by atoms with Gasteiger partial charge in [0.05, 0.1) is 0 Å². The Hall–Kier alpha value is -0.270. The predicted octanol–water partition coefficient (Wildman–Crippen LogP) is 4.09. The molecule has 0 aliphatic rings. The Labute approximate surface area is 82.9 Å². The zero-order valence-corrected chi connectivity index (χ0v) is 9.00. The minimum Gasteiger partial charge on any atom is -0.144 e. The molecule has 0 atom stereocenters. The normalized spacial score (nSPS) is 12.1. The van der Waals surface area contributed by atoms with Crippen molar-refractivity contribution in [3.63, 3.8) is 0 Å². The SMILES string of the molecule is CC/C(=C/c1sccc1C)CCl. The average Bonchev–Trinajstić information content (AvgIpc) is 2.47. The molecule has 0 spiro atoms. The zero-order valence-electron chi connectivity index (χ0n) is 7.43. The number of hydrogen-bond donors (Lipinski definition) is 0. The van der Waals surface area contributed by atoms with Crippen molar-refractivity contribution in [2.24, 2.45) is 0 Å². The minimum absolute atomic E-state index is 0.647. The van der Waals surface area contributed by atoms with Crippen LogP contribution in [0, 0.1) is 6.92 Å². The van der Waals surface area contributed by atoms with E-state index in [1.54, 1.807) is 11.3 Å². The molecule has 0 aromatic carbocycles. The molecule has 1 aromatic heterocycles. The number of allylic oxidation sites excluding steroid dienone is 1. The maximum atomic E-state index is 5.77. The molecule has 0 aliphatic carbocycles. The van der Waals surface area contributed by atoms with Crippen molar-refractivity contribution in [1.29, 1.82) is 0 Å². The van der Waals surface area contributed by atoms with Gasteiger partial charge in [0.15, 0.2) is 0 Å². The van der Waals surface area contributed by atoms with Gasteiger partial charge >= 0.3 is 0 Å². The number of rotatable bonds is 3. The van der Waals surface area contributed by atoms with Gasteiger partial charge in [-0.05, 0) is 36.4 Å². The van der Waals surface area contributed by atoms with Gasteiger partial charge in [0.1, 0.15) is 0 Å². The Balaban J connectivity index is 2.85. The van der Waals surface area contributed by atoms with E-state index in [0.717, 1.165) is 6.42 Å². The van der Waals surface area contributed by atoms with E-state index in [2.05, 4.69) is 31.4 Å². The van der Waals surface area contributed by atoms with Crippen LogP contribution in [0.1, 0.15) is 23.8 Å². The van der Waals surface area contributed by atoms with Crippen molar-refractivity contribution < 1.29 is 0 Å². The number of halogens is 1. The molecule has 1 aromatic rings. The highest BCUT2D eigenvalue weighted by atomic mass is 35.5. The van der Waals surface area contributed by atoms with Crippen LogP contribution >= 0.6 is 22.9 Å². The van der Waals surface area contributed by atoms with Gasteiger partial charge < -0.3 is 0 Å². The Morgan fingerprint density at radius 3 is 2.83 bits per heavy atom. The van der Waals surface area contributed by atoms with Gasteiger partial charge in [0.2, 0.25) is 0 Å². The quantitative estimate of drug-likeness (QED) is 0.645. The summed E-state index contributed by atoms with van der Waals surface area (Å²) in [7, 11) is 0. The Kier molecular flexibility index (Phi) is 3.83. The Morgan fingerprint density at radius 2 is 2.42 bits per heavy atom. The fourth-order valence-electron chi connectivity index (χ4n) is 0.953. The molecule has 0 nitrogen and oxygen atoms in total. The summed E-state index contributed by atoms with van der Waals surface area (Å²) >= 11 is 7.55. The third kappa shape index (κ3) is 2.36. The van der Waals surface area contributed by atoms with Crippen molar-refractivity contribution in [2.75, 3.05) is 5.88 Å². The predicted molar refractivity (Wildman–Crippen MR) is 58.0 cm³/mol. The molecule has 0 bridgehead atoms. The van der Waals surface area contributed by atoms with Gasteiger partial charge in [-0.3, -0.25) is 0 Å². The number of alkyl halides is 1. The molecule has 2 heteroatoms. The number of hydrogen-bond acceptors (Lipinski definition) is 1. The average molecular weight is 201 g/mol. The third-order valence-electron chi connectivity index (χ3n) is 1.86. The Morgan fingerprint density at radius 1 is 1.67 bits per heavy atom. The van der Waals surface area contributed by atoms with Crippen LogP contribution in [0.25, 0.3) is 6.08 Å². The van der Waals surface area contributed by atoms with Gasteiger partial charge in [-0.15, -0.1) is 22.9 Å². The van der Waals surface area contributed by atoms with Crippen LogP contribution in [0.4, 0.5) is 0 Å². The first-order chi connectivity index (χ1) is 5.77. The summed E-state index contributed by atoms with van der Waals surface area (Å²) in [5, 5.41) is 2.11. The molecule has 0 saturated carbocycles. The monoisotopic (exact) mass is 200 g/mol. The lowest BCUT2D eigenvalue weighted by Gasteiger charge is -1.97. The molecule has 0 unspecified atom stereocenters. The number of aryl methyl sites for hydroxylation is 1. The van der Waals surface area contributed by atoms with E-state index >= 15 is 0 Å². The second-order valence-corrected chi connectivity index (χ2v) is 3.97. The van der Waals surface area contributed by atoms with Crippen molar-refractivity contribution in [1.82, 2.24) is 0 Å². The molecule has 0 amide bonds. The van der Waals surface area contributed by atoms with Crippen LogP contribution in [0.15, 0.2) is 17.0 Å². The van der Waals surface area contributed by atoms with Gasteiger partial charge in [0.25, 0.3) is 0 Å². The van der Waals surface area contributed by atoms with Crippen LogP contribution in [0.5, 0.6) is 0 Å². The van der Waals surface area contributed by atoms with E-state index in [4.69, 9.17) is 11.6 Å². The van der Waals surface area contributed by atoms with E-state index in [1.807, 2.05) is 0 Å². The molecule has 1 rings (SSSR count). The van der Waals surface area contributed by atoms with Gasteiger partial charge in [0, 0.05) is 10.8 Å². The van der Waals surface area contributed by atoms with Crippen molar-refractivity contribution in [2.45, 2.75) is 20.3 Å². The molecular formula is C10H13ClS. The number of thiophene rings is 1. The summed E-state index contributed by atoms with van der Waals surface area (Å²) < 4.78 is 0. The maximum Gasteiger partial charge on any atom is 0.0437 e. The molecule has 1 heterocycles. The highest BCUT2D eigenvalue weighted by molar-refractivity contribution is 7.11. The van der Waals surface area contributed by atoms with Crippen LogP contribution in [0.3, 0.4) is 0 Å². The third-order valence-corrected chi connectivity index (χ3v) is 3.17. The molecule has 0 saturated heterocycles. The summed E-state index contributed by atoms with van der Waals surface area (Å²) in [6.45, 7) is 4.26. The van der Waals surface area contributed by atoms with Gasteiger partial charge in [-0.25, -0.2) is 0 Å². The standard InChI is InChI=1S/C10H13ClS/c1-3-9(7-11)6-10-8(2)4-5-12-10/h4-6H,3,7H2,1-2H3/b9-6-. The topological polar surface area (TPSA) is 0 Å². The summed E-state index contributed by atoms with van der Waals surface area (Å²) in [5.74, 6) is 0.647. The summed E-state index contributed by atoms with van der Waals surface area (Å²) in [4.78, 5) is 1.34. The fourth-order valence-corrected chi connectivity index (χ4v) is 2.13. The van der Waals surface area contributed by atoms with E-state index in [0.29, 0.717) is 5.88 Å².